The van der Waals surface area contributed by atoms with E-state index in [1.807, 2.05) is 0 Å². The Balaban J connectivity index is 2.02. The number of benzene rings is 1. The van der Waals surface area contributed by atoms with Crippen LogP contribution in [-0.4, -0.2) is 42.8 Å². The van der Waals surface area contributed by atoms with Crippen LogP contribution in [0.25, 0.3) is 0 Å². The van der Waals surface area contributed by atoms with E-state index in [0.29, 0.717) is 5.69 Å². The molecular weight excluding hydrogens is 322 g/mol. The van der Waals surface area contributed by atoms with Gasteiger partial charge in [-0.3, -0.25) is 14.4 Å². The molecule has 128 valence electrons. The third kappa shape index (κ3) is 4.72. The van der Waals surface area contributed by atoms with E-state index in [1.165, 1.54) is 24.3 Å². The number of para-hydroxylation sites is 1. The molecule has 1 aromatic heterocycles. The molecule has 25 heavy (non-hydrogen) atoms. The second-order valence-electron chi connectivity index (χ2n) is 5.12. The van der Waals surface area contributed by atoms with Crippen LogP contribution < -0.4 is 10.6 Å². The van der Waals surface area contributed by atoms with Crippen molar-refractivity contribution in [1.29, 1.82) is 0 Å². The van der Waals surface area contributed by atoms with Gasteiger partial charge in [0.1, 0.15) is 0 Å². The van der Waals surface area contributed by atoms with Gasteiger partial charge in [0, 0.05) is 7.05 Å². The number of rotatable bonds is 6. The monoisotopic (exact) mass is 339 g/mol. The number of furan rings is 1. The molecule has 1 aromatic carbocycles. The molecule has 7 heteroatoms. The predicted octanol–water partition coefficient (Wildman–Crippen LogP) is 1.35. The molecule has 0 atom stereocenters. The Bertz CT molecular complexity index is 806. The highest BCUT2D eigenvalue weighted by atomic mass is 16.3. The Kier molecular flexibility index (Phi) is 5.96. The minimum Gasteiger partial charge on any atom is -0.459 e. The van der Waals surface area contributed by atoms with Gasteiger partial charge in [-0.25, -0.2) is 0 Å². The Hall–Kier alpha value is -3.53. The zero-order valence-electron chi connectivity index (χ0n) is 13.6. The molecule has 2 rings (SSSR count). The number of hydrogen-bond acceptors (Lipinski definition) is 4. The smallest absolute Gasteiger partial charge is 0.289 e. The van der Waals surface area contributed by atoms with Crippen LogP contribution in [0.15, 0.2) is 47.1 Å². The van der Waals surface area contributed by atoms with Crippen molar-refractivity contribution in [3.63, 3.8) is 0 Å². The fraction of sp³-hybridized carbons (Fsp3) is 0.167. The minimum atomic E-state index is -0.445. The van der Waals surface area contributed by atoms with Crippen molar-refractivity contribution in [2.75, 3.05) is 25.5 Å². The maximum atomic E-state index is 12.2. The van der Waals surface area contributed by atoms with Gasteiger partial charge in [0.25, 0.3) is 11.8 Å². The molecule has 0 unspecified atom stereocenters. The van der Waals surface area contributed by atoms with Crippen LogP contribution >= 0.6 is 0 Å². The van der Waals surface area contributed by atoms with Crippen molar-refractivity contribution in [3.05, 3.63) is 54.0 Å². The van der Waals surface area contributed by atoms with Crippen molar-refractivity contribution in [3.8, 4) is 12.3 Å². The summed E-state index contributed by atoms with van der Waals surface area (Å²) in [6.07, 6.45) is 6.50. The number of terminal acetylenes is 1. The van der Waals surface area contributed by atoms with E-state index in [9.17, 15) is 14.4 Å². The van der Waals surface area contributed by atoms with Gasteiger partial charge in [-0.05, 0) is 24.3 Å². The molecule has 0 aliphatic rings. The average Bonchev–Trinajstić information content (AvgIpc) is 3.13. The molecule has 2 aromatic rings. The Morgan fingerprint density at radius 3 is 2.64 bits per heavy atom. The molecule has 0 saturated heterocycles. The third-order valence-corrected chi connectivity index (χ3v) is 3.26. The van der Waals surface area contributed by atoms with Crippen molar-refractivity contribution in [2.24, 2.45) is 0 Å². The van der Waals surface area contributed by atoms with Crippen molar-refractivity contribution >= 4 is 23.4 Å². The molecule has 2 N–H and O–H groups in total. The van der Waals surface area contributed by atoms with E-state index < -0.39 is 17.7 Å². The summed E-state index contributed by atoms with van der Waals surface area (Å²) in [5, 5.41) is 5.16. The van der Waals surface area contributed by atoms with Crippen molar-refractivity contribution in [1.82, 2.24) is 10.2 Å². The van der Waals surface area contributed by atoms with Gasteiger partial charge in [-0.15, -0.1) is 6.42 Å². The van der Waals surface area contributed by atoms with E-state index in [1.54, 1.807) is 30.3 Å². The van der Waals surface area contributed by atoms with Gasteiger partial charge in [0.15, 0.2) is 5.76 Å². The maximum absolute atomic E-state index is 12.2. The van der Waals surface area contributed by atoms with Crippen LogP contribution in [0.2, 0.25) is 0 Å². The third-order valence-electron chi connectivity index (χ3n) is 3.26. The lowest BCUT2D eigenvalue weighted by atomic mass is 10.1. The van der Waals surface area contributed by atoms with Crippen LogP contribution in [-0.2, 0) is 4.79 Å². The Morgan fingerprint density at radius 2 is 1.96 bits per heavy atom. The Morgan fingerprint density at radius 1 is 1.20 bits per heavy atom. The number of carbonyl (C=O) groups excluding carboxylic acids is 3. The number of hydrogen-bond donors (Lipinski definition) is 2. The first-order valence-corrected chi connectivity index (χ1v) is 7.42. The second kappa shape index (κ2) is 8.36. The summed E-state index contributed by atoms with van der Waals surface area (Å²) in [4.78, 5) is 37.5. The highest BCUT2D eigenvalue weighted by Crippen LogP contribution is 2.15. The van der Waals surface area contributed by atoms with E-state index in [-0.39, 0.29) is 24.4 Å². The van der Waals surface area contributed by atoms with Crippen molar-refractivity contribution < 1.29 is 18.8 Å². The molecule has 0 aliphatic carbocycles. The summed E-state index contributed by atoms with van der Waals surface area (Å²) in [5.41, 5.74) is 0.618. The lowest BCUT2D eigenvalue weighted by Gasteiger charge is -2.16. The van der Waals surface area contributed by atoms with Crippen LogP contribution in [0.5, 0.6) is 0 Å². The lowest BCUT2D eigenvalue weighted by Crippen LogP contribution is -2.35. The first-order valence-electron chi connectivity index (χ1n) is 7.42. The first kappa shape index (κ1) is 17.8. The number of nitrogens with zero attached hydrogens (tertiary/aromatic N) is 1. The summed E-state index contributed by atoms with van der Waals surface area (Å²) < 4.78 is 5.01. The number of nitrogens with one attached hydrogen (secondary N) is 2. The largest absolute Gasteiger partial charge is 0.459 e. The summed E-state index contributed by atoms with van der Waals surface area (Å²) in [6, 6.07) is 9.63. The first-order chi connectivity index (χ1) is 12.0. The van der Waals surface area contributed by atoms with Crippen LogP contribution in [0.4, 0.5) is 5.69 Å². The standard InChI is InChI=1S/C18H17N3O4/c1-3-10-19-17(23)13-7-4-5-8-14(13)20-16(22)12-21(2)18(24)15-9-6-11-25-15/h1,4-9,11H,10,12H2,2H3,(H,19,23)(H,20,22). The fourth-order valence-corrected chi connectivity index (χ4v) is 2.08. The van der Waals surface area contributed by atoms with Gasteiger partial charge < -0.3 is 20.0 Å². The van der Waals surface area contributed by atoms with Gasteiger partial charge in [-0.1, -0.05) is 18.1 Å². The summed E-state index contributed by atoms with van der Waals surface area (Å²) in [5.74, 6) is 1.20. The van der Waals surface area contributed by atoms with Gasteiger partial charge in [0.05, 0.1) is 30.6 Å². The zero-order chi connectivity index (χ0) is 18.2. The number of anilines is 1. The van der Waals surface area contributed by atoms with Crippen molar-refractivity contribution in [2.45, 2.75) is 0 Å². The molecule has 3 amide bonds. The van der Waals surface area contributed by atoms with E-state index in [0.717, 1.165) is 0 Å². The van der Waals surface area contributed by atoms with E-state index >= 15 is 0 Å². The fourth-order valence-electron chi connectivity index (χ4n) is 2.08. The molecule has 0 radical (unpaired) electrons. The van der Waals surface area contributed by atoms with Crippen LogP contribution in [0.3, 0.4) is 0 Å². The molecule has 0 fully saturated rings. The zero-order valence-corrected chi connectivity index (χ0v) is 13.6. The topological polar surface area (TPSA) is 91.7 Å². The molecular formula is C18H17N3O4. The Labute approximate surface area is 145 Å². The molecule has 0 bridgehead atoms. The quantitative estimate of drug-likeness (QED) is 0.777. The summed E-state index contributed by atoms with van der Waals surface area (Å²) in [7, 11) is 1.48. The highest BCUT2D eigenvalue weighted by Gasteiger charge is 2.18. The van der Waals surface area contributed by atoms with Crippen LogP contribution in [0, 0.1) is 12.3 Å². The van der Waals surface area contributed by atoms with Gasteiger partial charge in [-0.2, -0.15) is 0 Å². The molecule has 0 spiro atoms. The highest BCUT2D eigenvalue weighted by molar-refractivity contribution is 6.05. The molecule has 7 nitrogen and oxygen atoms in total. The molecule has 0 aliphatic heterocycles. The minimum absolute atomic E-state index is 0.0848. The molecule has 1 heterocycles. The van der Waals surface area contributed by atoms with E-state index in [2.05, 4.69) is 16.6 Å². The average molecular weight is 339 g/mol. The summed E-state index contributed by atoms with van der Waals surface area (Å²) >= 11 is 0. The molecule has 0 saturated carbocycles. The number of carbonyl (C=O) groups is 3. The SMILES string of the molecule is C#CCNC(=O)c1ccccc1NC(=O)CN(C)C(=O)c1ccco1. The lowest BCUT2D eigenvalue weighted by molar-refractivity contribution is -0.116. The van der Waals surface area contributed by atoms with Crippen LogP contribution in [0.1, 0.15) is 20.9 Å². The number of likely N-dealkylation sites (N-methyl/N-ethyl adjacent to an activating group) is 1. The summed E-state index contributed by atoms with van der Waals surface area (Å²) in [6.45, 7) is -0.110. The predicted molar refractivity (Wildman–Crippen MR) is 91.9 cm³/mol. The van der Waals surface area contributed by atoms with Gasteiger partial charge in [0.2, 0.25) is 5.91 Å². The normalized spacial score (nSPS) is 9.76. The second-order valence-corrected chi connectivity index (χ2v) is 5.12. The van der Waals surface area contributed by atoms with E-state index in [4.69, 9.17) is 10.8 Å². The number of amides is 3. The van der Waals surface area contributed by atoms with Gasteiger partial charge >= 0.3 is 0 Å². The maximum Gasteiger partial charge on any atom is 0.289 e.